The summed E-state index contributed by atoms with van der Waals surface area (Å²) in [7, 11) is 0. The number of fused-ring (bicyclic) bond motifs is 1. The Balaban J connectivity index is 1.95. The van der Waals surface area contributed by atoms with Crippen LogP contribution in [0.4, 0.5) is 16.4 Å². The van der Waals surface area contributed by atoms with Gasteiger partial charge in [0.2, 0.25) is 0 Å². The fourth-order valence-electron chi connectivity index (χ4n) is 2.58. The van der Waals surface area contributed by atoms with Gasteiger partial charge in [0, 0.05) is 25.2 Å². The number of halogens is 1. The predicted octanol–water partition coefficient (Wildman–Crippen LogP) is 2.27. The molecular formula is C15H21ClN6O2. The number of anilines is 2. The van der Waals surface area contributed by atoms with Gasteiger partial charge >= 0.3 is 6.09 Å². The molecule has 3 heterocycles. The molecule has 0 aliphatic carbocycles. The van der Waals surface area contributed by atoms with E-state index in [1.54, 1.807) is 26.8 Å². The number of aromatic nitrogens is 3. The standard InChI is InChI=1S/C15H21ClN6O2/c1-15(2,3)24-14(23)20-12-6-11(21-5-4-9(17)8-21)19-13-10(16)7-18-22(12)13/h6-7,9H,4-5,8,17H2,1-3H3,(H,20,23)/t9-/m0/s1. The normalized spacial score (nSPS) is 18.2. The maximum absolute atomic E-state index is 12.1. The van der Waals surface area contributed by atoms with Crippen LogP contribution in [-0.4, -0.2) is 45.4 Å². The minimum absolute atomic E-state index is 0.116. The highest BCUT2D eigenvalue weighted by Gasteiger charge is 2.23. The molecule has 0 spiro atoms. The van der Waals surface area contributed by atoms with Gasteiger partial charge in [0.15, 0.2) is 5.65 Å². The Morgan fingerprint density at radius 1 is 1.50 bits per heavy atom. The van der Waals surface area contributed by atoms with Crippen LogP contribution >= 0.6 is 11.6 Å². The molecule has 1 amide bonds. The zero-order valence-corrected chi connectivity index (χ0v) is 14.7. The first kappa shape index (κ1) is 16.8. The largest absolute Gasteiger partial charge is 0.444 e. The highest BCUT2D eigenvalue weighted by Crippen LogP contribution is 2.26. The molecule has 9 heteroatoms. The molecule has 1 aliphatic heterocycles. The summed E-state index contributed by atoms with van der Waals surface area (Å²) in [5.41, 5.74) is 5.85. The van der Waals surface area contributed by atoms with Gasteiger partial charge in [-0.1, -0.05) is 11.6 Å². The number of ether oxygens (including phenoxy) is 1. The second kappa shape index (κ2) is 6.10. The van der Waals surface area contributed by atoms with Gasteiger partial charge in [-0.05, 0) is 27.2 Å². The van der Waals surface area contributed by atoms with Crippen LogP contribution in [0, 0.1) is 0 Å². The average Bonchev–Trinajstić information content (AvgIpc) is 3.04. The first-order valence-electron chi connectivity index (χ1n) is 7.78. The topological polar surface area (TPSA) is 97.8 Å². The second-order valence-electron chi connectivity index (χ2n) is 6.85. The molecule has 1 atom stereocenters. The Morgan fingerprint density at radius 3 is 2.88 bits per heavy atom. The molecule has 2 aromatic rings. The van der Waals surface area contributed by atoms with Crippen LogP contribution in [0.15, 0.2) is 12.3 Å². The van der Waals surface area contributed by atoms with E-state index >= 15 is 0 Å². The van der Waals surface area contributed by atoms with Crippen molar-refractivity contribution in [2.45, 2.75) is 38.8 Å². The smallest absolute Gasteiger partial charge is 0.413 e. The lowest BCUT2D eigenvalue weighted by molar-refractivity contribution is 0.0635. The quantitative estimate of drug-likeness (QED) is 0.860. The number of hydrogen-bond acceptors (Lipinski definition) is 6. The minimum atomic E-state index is -0.595. The number of carbonyl (C=O) groups excluding carboxylic acids is 1. The molecule has 0 saturated carbocycles. The molecule has 3 rings (SSSR count). The molecule has 3 N–H and O–H groups in total. The molecule has 0 aromatic carbocycles. The molecule has 0 unspecified atom stereocenters. The third kappa shape index (κ3) is 3.54. The maximum atomic E-state index is 12.1. The predicted molar refractivity (Wildman–Crippen MR) is 92.7 cm³/mol. The molecule has 1 aliphatic rings. The van der Waals surface area contributed by atoms with Gasteiger partial charge in [0.05, 0.1) is 6.20 Å². The van der Waals surface area contributed by atoms with Crippen LogP contribution < -0.4 is 16.0 Å². The monoisotopic (exact) mass is 352 g/mol. The number of carbonyl (C=O) groups is 1. The van der Waals surface area contributed by atoms with E-state index in [1.807, 2.05) is 0 Å². The lowest BCUT2D eigenvalue weighted by Gasteiger charge is -2.21. The molecule has 24 heavy (non-hydrogen) atoms. The van der Waals surface area contributed by atoms with Crippen LogP contribution in [0.3, 0.4) is 0 Å². The molecule has 0 radical (unpaired) electrons. The summed E-state index contributed by atoms with van der Waals surface area (Å²) in [5, 5.41) is 7.28. The van der Waals surface area contributed by atoms with Gasteiger partial charge in [-0.25, -0.2) is 9.78 Å². The first-order chi connectivity index (χ1) is 11.2. The summed E-state index contributed by atoms with van der Waals surface area (Å²) in [4.78, 5) is 18.7. The van der Waals surface area contributed by atoms with Crippen LogP contribution in [0.5, 0.6) is 0 Å². The summed E-state index contributed by atoms with van der Waals surface area (Å²) in [6.45, 7) is 6.92. The van der Waals surface area contributed by atoms with E-state index < -0.39 is 11.7 Å². The average molecular weight is 353 g/mol. The van der Waals surface area contributed by atoms with Gasteiger partial charge in [-0.2, -0.15) is 9.61 Å². The minimum Gasteiger partial charge on any atom is -0.444 e. The third-order valence-electron chi connectivity index (χ3n) is 3.59. The number of amides is 1. The second-order valence-corrected chi connectivity index (χ2v) is 7.26. The van der Waals surface area contributed by atoms with Gasteiger partial charge in [0.25, 0.3) is 0 Å². The van der Waals surface area contributed by atoms with Crippen molar-refractivity contribution in [1.29, 1.82) is 0 Å². The van der Waals surface area contributed by atoms with Gasteiger partial charge in [0.1, 0.15) is 22.3 Å². The Hall–Kier alpha value is -2.06. The van der Waals surface area contributed by atoms with E-state index in [2.05, 4.69) is 20.3 Å². The fourth-order valence-corrected chi connectivity index (χ4v) is 2.74. The van der Waals surface area contributed by atoms with Crippen LogP contribution in [0.1, 0.15) is 27.2 Å². The molecular weight excluding hydrogens is 332 g/mol. The lowest BCUT2D eigenvalue weighted by Crippen LogP contribution is -2.29. The highest BCUT2D eigenvalue weighted by atomic mass is 35.5. The van der Waals surface area contributed by atoms with E-state index in [9.17, 15) is 4.79 Å². The Morgan fingerprint density at radius 2 is 2.25 bits per heavy atom. The highest BCUT2D eigenvalue weighted by molar-refractivity contribution is 6.33. The van der Waals surface area contributed by atoms with Crippen molar-refractivity contribution in [3.05, 3.63) is 17.3 Å². The number of hydrogen-bond donors (Lipinski definition) is 2. The van der Waals surface area contributed by atoms with Gasteiger partial charge in [-0.3, -0.25) is 5.32 Å². The van der Waals surface area contributed by atoms with Crippen LogP contribution in [-0.2, 0) is 4.74 Å². The number of nitrogens with zero attached hydrogens (tertiary/aromatic N) is 4. The van der Waals surface area contributed by atoms with Crippen molar-refractivity contribution in [3.63, 3.8) is 0 Å². The zero-order valence-electron chi connectivity index (χ0n) is 13.9. The number of nitrogens with one attached hydrogen (secondary N) is 1. The van der Waals surface area contributed by atoms with Crippen molar-refractivity contribution < 1.29 is 9.53 Å². The Labute approximate surface area is 144 Å². The van der Waals surface area contributed by atoms with Crippen molar-refractivity contribution >= 4 is 35.0 Å². The molecule has 1 fully saturated rings. The molecule has 1 saturated heterocycles. The van der Waals surface area contributed by atoms with Gasteiger partial charge in [-0.15, -0.1) is 0 Å². The Bertz CT molecular complexity index is 769. The fraction of sp³-hybridized carbons (Fsp3) is 0.533. The van der Waals surface area contributed by atoms with E-state index in [4.69, 9.17) is 22.1 Å². The summed E-state index contributed by atoms with van der Waals surface area (Å²) in [6.07, 6.45) is 1.82. The van der Waals surface area contributed by atoms with Crippen molar-refractivity contribution in [2.24, 2.45) is 5.73 Å². The summed E-state index contributed by atoms with van der Waals surface area (Å²) < 4.78 is 6.78. The van der Waals surface area contributed by atoms with E-state index in [0.717, 1.165) is 13.0 Å². The van der Waals surface area contributed by atoms with Crippen molar-refractivity contribution in [3.8, 4) is 0 Å². The van der Waals surface area contributed by atoms with Gasteiger partial charge < -0.3 is 15.4 Å². The van der Waals surface area contributed by atoms with Crippen molar-refractivity contribution in [2.75, 3.05) is 23.3 Å². The first-order valence-corrected chi connectivity index (χ1v) is 8.15. The molecule has 130 valence electrons. The van der Waals surface area contributed by atoms with E-state index in [0.29, 0.717) is 28.9 Å². The molecule has 2 aromatic heterocycles. The number of nitrogens with two attached hydrogens (primary N) is 1. The van der Waals surface area contributed by atoms with E-state index in [-0.39, 0.29) is 6.04 Å². The SMILES string of the molecule is CC(C)(C)OC(=O)Nc1cc(N2CC[C@H](N)C2)nc2c(Cl)cnn12. The summed E-state index contributed by atoms with van der Waals surface area (Å²) in [5.74, 6) is 1.14. The molecule has 0 bridgehead atoms. The zero-order chi connectivity index (χ0) is 17.5. The van der Waals surface area contributed by atoms with Crippen molar-refractivity contribution in [1.82, 2.24) is 14.6 Å². The summed E-state index contributed by atoms with van der Waals surface area (Å²) in [6, 6.07) is 1.86. The lowest BCUT2D eigenvalue weighted by atomic mass is 10.2. The number of rotatable bonds is 2. The van der Waals surface area contributed by atoms with Crippen LogP contribution in [0.25, 0.3) is 5.65 Å². The Kier molecular flexibility index (Phi) is 4.27. The van der Waals surface area contributed by atoms with Crippen LogP contribution in [0.2, 0.25) is 5.02 Å². The molecule has 8 nitrogen and oxygen atoms in total. The summed E-state index contributed by atoms with van der Waals surface area (Å²) >= 11 is 6.16. The maximum Gasteiger partial charge on any atom is 0.413 e. The van der Waals surface area contributed by atoms with E-state index in [1.165, 1.54) is 10.7 Å². The third-order valence-corrected chi connectivity index (χ3v) is 3.86.